The van der Waals surface area contributed by atoms with Crippen LogP contribution in [0.5, 0.6) is 0 Å². The molecule has 2 heteroatoms. The second kappa shape index (κ2) is 9.70. The highest BCUT2D eigenvalue weighted by molar-refractivity contribution is 7.79. The maximum atomic E-state index is 4.56. The Balaban J connectivity index is 0.000000368. The van der Waals surface area contributed by atoms with Crippen molar-refractivity contribution in [3.05, 3.63) is 103 Å². The van der Waals surface area contributed by atoms with Gasteiger partial charge in [-0.25, -0.2) is 0 Å². The summed E-state index contributed by atoms with van der Waals surface area (Å²) < 4.78 is 4.56. The van der Waals surface area contributed by atoms with Crippen LogP contribution in [0.2, 0.25) is 0 Å². The van der Waals surface area contributed by atoms with Gasteiger partial charge in [-0.15, -0.1) is 0 Å². The van der Waals surface area contributed by atoms with E-state index in [1.54, 1.807) is 14.0 Å². The fourth-order valence-corrected chi connectivity index (χ4v) is 4.48. The zero-order chi connectivity index (χ0) is 17.2. The van der Waals surface area contributed by atoms with Gasteiger partial charge < -0.3 is 4.74 Å². The lowest BCUT2D eigenvalue weighted by atomic mass is 10.4. The van der Waals surface area contributed by atoms with E-state index in [1.807, 2.05) is 0 Å². The number of hydrogen-bond donors (Lipinski definition) is 0. The van der Waals surface area contributed by atoms with Gasteiger partial charge in [-0.2, -0.15) is 0 Å². The number of ether oxygens (including phenoxy) is 1. The molecule has 0 bridgehead atoms. The molecule has 0 spiro atoms. The highest BCUT2D eigenvalue weighted by atomic mass is 31.1. The van der Waals surface area contributed by atoms with Gasteiger partial charge in [0.2, 0.25) is 0 Å². The third kappa shape index (κ3) is 5.37. The molecule has 0 aliphatic rings. The molecule has 0 N–H and O–H groups in total. The van der Waals surface area contributed by atoms with E-state index in [0.29, 0.717) is 0 Å². The number of hydrogen-bond acceptors (Lipinski definition) is 1. The van der Waals surface area contributed by atoms with Crippen molar-refractivity contribution in [2.45, 2.75) is 6.92 Å². The summed E-state index contributed by atoms with van der Waals surface area (Å²) in [6.07, 6.45) is 0. The van der Waals surface area contributed by atoms with E-state index >= 15 is 0 Å². The molecule has 0 aromatic heterocycles. The zero-order valence-electron chi connectivity index (χ0n) is 14.2. The lowest BCUT2D eigenvalue weighted by Gasteiger charge is -2.18. The zero-order valence-corrected chi connectivity index (χ0v) is 15.1. The summed E-state index contributed by atoms with van der Waals surface area (Å²) in [5, 5.41) is 4.19. The summed E-state index contributed by atoms with van der Waals surface area (Å²) in [4.78, 5) is 0. The fourth-order valence-electron chi connectivity index (χ4n) is 2.18. The van der Waals surface area contributed by atoms with Gasteiger partial charge in [0.25, 0.3) is 0 Å². The Kier molecular flexibility index (Phi) is 7.26. The van der Waals surface area contributed by atoms with Gasteiger partial charge in [-0.3, -0.25) is 0 Å². The molecule has 3 aromatic rings. The predicted octanol–water partition coefficient (Wildman–Crippen LogP) is 4.61. The lowest BCUT2D eigenvalue weighted by molar-refractivity contribution is 0.295. The van der Waals surface area contributed by atoms with Crippen LogP contribution in [0.25, 0.3) is 0 Å². The van der Waals surface area contributed by atoms with Gasteiger partial charge >= 0.3 is 0 Å². The van der Waals surface area contributed by atoms with Crippen LogP contribution in [0.3, 0.4) is 0 Å². The summed E-state index contributed by atoms with van der Waals surface area (Å²) in [6.45, 7) is 5.26. The molecule has 0 aliphatic carbocycles. The monoisotopic (exact) mass is 334 g/mol. The smallest absolute Gasteiger partial charge is 0.0853 e. The second-order valence-corrected chi connectivity index (χ2v) is 7.47. The highest BCUT2D eigenvalue weighted by Gasteiger charge is 2.14. The number of methoxy groups -OCH3 is 1. The summed E-state index contributed by atoms with van der Waals surface area (Å²) in [6, 6.07) is 32.3. The van der Waals surface area contributed by atoms with E-state index < -0.39 is 7.92 Å². The third-order valence-corrected chi connectivity index (χ3v) is 5.84. The Morgan fingerprint density at radius 3 is 1.12 bits per heavy atom. The first-order chi connectivity index (χ1) is 11.7. The van der Waals surface area contributed by atoms with E-state index in [4.69, 9.17) is 0 Å². The maximum absolute atomic E-state index is 4.56. The molecule has 1 nitrogen and oxygen atoms in total. The quantitative estimate of drug-likeness (QED) is 0.500. The highest BCUT2D eigenvalue weighted by Crippen LogP contribution is 2.32. The molecule has 3 rings (SSSR count). The molecule has 0 unspecified atom stereocenters. The molecule has 0 aliphatic heterocycles. The Morgan fingerprint density at radius 2 is 0.917 bits per heavy atom. The molecular weight excluding hydrogens is 311 g/mol. The Morgan fingerprint density at radius 1 is 0.667 bits per heavy atom. The average molecular weight is 334 g/mol. The standard InChI is InChI=1S/C18H15P.C4H8O/c1-4-10-16(11-5-1)19(17-12-6-2-7-13-17)18-14-8-3-9-15-18;1-4(2)5-3/h1-15H;1H2,2-3H3. The van der Waals surface area contributed by atoms with Gasteiger partial charge in [-0.05, 0) is 30.8 Å². The van der Waals surface area contributed by atoms with Crippen LogP contribution in [0.4, 0.5) is 0 Å². The van der Waals surface area contributed by atoms with E-state index in [2.05, 4.69) is 102 Å². The summed E-state index contributed by atoms with van der Waals surface area (Å²) in [7, 11) is 1.15. The van der Waals surface area contributed by atoms with Crippen molar-refractivity contribution >= 4 is 23.8 Å². The van der Waals surface area contributed by atoms with Crippen LogP contribution in [-0.2, 0) is 4.74 Å². The van der Waals surface area contributed by atoms with E-state index in [9.17, 15) is 0 Å². The largest absolute Gasteiger partial charge is 0.502 e. The first-order valence-electron chi connectivity index (χ1n) is 7.87. The van der Waals surface area contributed by atoms with Crippen molar-refractivity contribution in [2.24, 2.45) is 0 Å². The van der Waals surface area contributed by atoms with Gasteiger partial charge in [0.05, 0.1) is 12.9 Å². The van der Waals surface area contributed by atoms with Crippen LogP contribution < -0.4 is 15.9 Å². The van der Waals surface area contributed by atoms with Crippen molar-refractivity contribution in [1.29, 1.82) is 0 Å². The molecule has 24 heavy (non-hydrogen) atoms. The topological polar surface area (TPSA) is 9.23 Å². The normalized spacial score (nSPS) is 9.79. The Labute approximate surface area is 146 Å². The first kappa shape index (κ1) is 18.0. The minimum atomic E-state index is -0.446. The van der Waals surface area contributed by atoms with Gasteiger partial charge in [0.1, 0.15) is 0 Å². The summed E-state index contributed by atoms with van der Waals surface area (Å²) >= 11 is 0. The predicted molar refractivity (Wildman–Crippen MR) is 107 cm³/mol. The van der Waals surface area contributed by atoms with Crippen molar-refractivity contribution in [3.8, 4) is 0 Å². The number of benzene rings is 3. The van der Waals surface area contributed by atoms with Crippen LogP contribution in [0.1, 0.15) is 6.92 Å². The van der Waals surface area contributed by atoms with Crippen molar-refractivity contribution < 1.29 is 4.74 Å². The van der Waals surface area contributed by atoms with E-state index in [0.717, 1.165) is 5.76 Å². The Bertz CT molecular complexity index is 630. The molecular formula is C22H23OP. The van der Waals surface area contributed by atoms with Crippen LogP contribution in [-0.4, -0.2) is 7.11 Å². The van der Waals surface area contributed by atoms with Crippen LogP contribution in [0, 0.1) is 0 Å². The first-order valence-corrected chi connectivity index (χ1v) is 9.21. The third-order valence-electron chi connectivity index (χ3n) is 3.39. The molecule has 3 aromatic carbocycles. The fraction of sp³-hybridized carbons (Fsp3) is 0.0909. The summed E-state index contributed by atoms with van der Waals surface area (Å²) in [5.74, 6) is 0.755. The van der Waals surface area contributed by atoms with Crippen molar-refractivity contribution in [1.82, 2.24) is 0 Å². The SMILES string of the molecule is C=C(C)OC.c1ccc(P(c2ccccc2)c2ccccc2)cc1. The van der Waals surface area contributed by atoms with E-state index in [-0.39, 0.29) is 0 Å². The van der Waals surface area contributed by atoms with Crippen molar-refractivity contribution in [2.75, 3.05) is 7.11 Å². The molecule has 0 amide bonds. The molecule has 0 saturated heterocycles. The minimum absolute atomic E-state index is 0.446. The second-order valence-electron chi connectivity index (χ2n) is 5.25. The van der Waals surface area contributed by atoms with Gasteiger partial charge in [0, 0.05) is 0 Å². The number of rotatable bonds is 4. The molecule has 0 atom stereocenters. The molecule has 122 valence electrons. The molecule has 0 fully saturated rings. The van der Waals surface area contributed by atoms with Gasteiger partial charge in [0.15, 0.2) is 0 Å². The molecule has 0 heterocycles. The van der Waals surface area contributed by atoms with Gasteiger partial charge in [-0.1, -0.05) is 97.6 Å². The average Bonchev–Trinajstić information content (AvgIpc) is 2.65. The summed E-state index contributed by atoms with van der Waals surface area (Å²) in [5.41, 5.74) is 0. The van der Waals surface area contributed by atoms with Crippen LogP contribution >= 0.6 is 7.92 Å². The minimum Gasteiger partial charge on any atom is -0.502 e. The van der Waals surface area contributed by atoms with Crippen LogP contribution in [0.15, 0.2) is 103 Å². The number of allylic oxidation sites excluding steroid dienone is 1. The van der Waals surface area contributed by atoms with Crippen molar-refractivity contribution in [3.63, 3.8) is 0 Å². The lowest BCUT2D eigenvalue weighted by Crippen LogP contribution is -2.20. The maximum Gasteiger partial charge on any atom is 0.0853 e. The molecule has 0 saturated carbocycles. The molecule has 0 radical (unpaired) electrons. The van der Waals surface area contributed by atoms with E-state index in [1.165, 1.54) is 15.9 Å². The Hall–Kier alpha value is -2.37.